The number of aliphatic hydroxyl groups is 1. The Kier molecular flexibility index (Phi) is 5.40. The lowest BCUT2D eigenvalue weighted by Crippen LogP contribution is -2.28. The van der Waals surface area contributed by atoms with Gasteiger partial charge in [-0.15, -0.1) is 5.10 Å². The van der Waals surface area contributed by atoms with Gasteiger partial charge in [0.15, 0.2) is 12.1 Å². The third-order valence-electron chi connectivity index (χ3n) is 3.63. The number of nitrogens with zero attached hydrogens (tertiary/aromatic N) is 3. The smallest absolute Gasteiger partial charge is 0.181 e. The fraction of sp³-hybridized carbons (Fsp3) is 0.375. The van der Waals surface area contributed by atoms with Crippen molar-refractivity contribution in [2.75, 3.05) is 13.2 Å². The molecule has 1 aromatic heterocycles. The molecular weight excluding hydrogens is 316 g/mol. The Morgan fingerprint density at radius 1 is 1.52 bits per heavy atom. The minimum Gasteiger partial charge on any atom is -0.365 e. The van der Waals surface area contributed by atoms with Crippen LogP contribution in [0.4, 0.5) is 0 Å². The molecule has 2 aromatic rings. The summed E-state index contributed by atoms with van der Waals surface area (Å²) in [6, 6.07) is 7.68. The quantitative estimate of drug-likeness (QED) is 0.792. The van der Waals surface area contributed by atoms with Crippen molar-refractivity contribution in [2.24, 2.45) is 0 Å². The number of ether oxygens (including phenoxy) is 1. The molecule has 2 N–H and O–H groups in total. The first-order valence-electron chi connectivity index (χ1n) is 7.59. The molecule has 122 valence electrons. The second-order valence-electron chi connectivity index (χ2n) is 5.42. The first-order chi connectivity index (χ1) is 11.2. The number of rotatable bonds is 6. The van der Waals surface area contributed by atoms with Gasteiger partial charge < -0.3 is 15.2 Å². The van der Waals surface area contributed by atoms with Crippen molar-refractivity contribution in [3.05, 3.63) is 41.7 Å². The van der Waals surface area contributed by atoms with Crippen molar-refractivity contribution in [1.29, 1.82) is 0 Å². The molecule has 0 bridgehead atoms. The van der Waals surface area contributed by atoms with Crippen LogP contribution in [0, 0.1) is 0 Å². The minimum absolute atomic E-state index is 0.332. The van der Waals surface area contributed by atoms with Gasteiger partial charge in [0.1, 0.15) is 6.33 Å². The molecule has 1 aromatic carbocycles. The monoisotopic (exact) mass is 334 g/mol. The fourth-order valence-electron chi connectivity index (χ4n) is 2.44. The van der Waals surface area contributed by atoms with Crippen LogP contribution in [-0.4, -0.2) is 45.4 Å². The van der Waals surface area contributed by atoms with E-state index in [4.69, 9.17) is 16.3 Å². The second kappa shape index (κ2) is 7.70. The van der Waals surface area contributed by atoms with Crippen LogP contribution in [0.5, 0.6) is 0 Å². The van der Waals surface area contributed by atoms with Gasteiger partial charge in [0, 0.05) is 22.8 Å². The van der Waals surface area contributed by atoms with E-state index in [-0.39, 0.29) is 0 Å². The van der Waals surface area contributed by atoms with Crippen molar-refractivity contribution in [1.82, 2.24) is 20.1 Å². The lowest BCUT2D eigenvalue weighted by Gasteiger charge is -2.12. The number of benzene rings is 1. The summed E-state index contributed by atoms with van der Waals surface area (Å²) >= 11 is 5.96. The summed E-state index contributed by atoms with van der Waals surface area (Å²) in [5, 5.41) is 18.1. The Labute approximate surface area is 139 Å². The zero-order valence-electron chi connectivity index (χ0n) is 12.6. The fourth-order valence-corrected chi connectivity index (χ4v) is 2.63. The highest BCUT2D eigenvalue weighted by Crippen LogP contribution is 2.18. The highest BCUT2D eigenvalue weighted by atomic mass is 35.5. The maximum Gasteiger partial charge on any atom is 0.181 e. The number of hydrogen-bond acceptors (Lipinski definition) is 5. The van der Waals surface area contributed by atoms with Gasteiger partial charge in [-0.2, -0.15) is 0 Å². The maximum atomic E-state index is 9.82. The van der Waals surface area contributed by atoms with Crippen LogP contribution in [0.25, 0.3) is 17.6 Å². The molecule has 1 saturated heterocycles. The summed E-state index contributed by atoms with van der Waals surface area (Å²) < 4.78 is 6.91. The molecule has 0 radical (unpaired) electrons. The number of aromatic nitrogens is 3. The molecule has 1 aliphatic heterocycles. The highest BCUT2D eigenvalue weighted by Gasteiger charge is 2.15. The number of hydrogen-bond donors (Lipinski definition) is 2. The molecule has 3 rings (SSSR count). The van der Waals surface area contributed by atoms with Gasteiger partial charge in [-0.1, -0.05) is 23.7 Å². The molecule has 1 aliphatic rings. The van der Waals surface area contributed by atoms with E-state index in [0.717, 1.165) is 24.9 Å². The van der Waals surface area contributed by atoms with E-state index in [9.17, 15) is 5.11 Å². The summed E-state index contributed by atoms with van der Waals surface area (Å²) in [6.45, 7) is 1.52. The van der Waals surface area contributed by atoms with Crippen molar-refractivity contribution < 1.29 is 9.84 Å². The molecular formula is C16H19ClN4O2. The van der Waals surface area contributed by atoms with Crippen molar-refractivity contribution in [2.45, 2.75) is 25.2 Å². The summed E-state index contributed by atoms with van der Waals surface area (Å²) in [7, 11) is 0. The maximum absolute atomic E-state index is 9.82. The van der Waals surface area contributed by atoms with E-state index in [1.54, 1.807) is 24.7 Å². The van der Waals surface area contributed by atoms with Crippen LogP contribution in [0.2, 0.25) is 5.02 Å². The molecule has 2 unspecified atom stereocenters. The van der Waals surface area contributed by atoms with Gasteiger partial charge in [0.2, 0.25) is 0 Å². The Morgan fingerprint density at radius 3 is 3.22 bits per heavy atom. The molecule has 0 spiro atoms. The summed E-state index contributed by atoms with van der Waals surface area (Å²) in [4.78, 5) is 4.22. The van der Waals surface area contributed by atoms with Crippen LogP contribution in [0.15, 0.2) is 36.7 Å². The van der Waals surface area contributed by atoms with Crippen LogP contribution in [0.1, 0.15) is 12.8 Å². The Hall–Kier alpha value is -1.73. The third kappa shape index (κ3) is 4.62. The number of halogens is 1. The molecule has 0 aliphatic carbocycles. The Morgan fingerprint density at radius 2 is 2.43 bits per heavy atom. The van der Waals surface area contributed by atoms with E-state index >= 15 is 0 Å². The first-order valence-corrected chi connectivity index (χ1v) is 7.97. The lowest BCUT2D eigenvalue weighted by atomic mass is 10.2. The van der Waals surface area contributed by atoms with Crippen molar-refractivity contribution in [3.63, 3.8) is 0 Å². The van der Waals surface area contributed by atoms with E-state index in [1.807, 2.05) is 12.1 Å². The van der Waals surface area contributed by atoms with E-state index in [0.29, 0.717) is 23.5 Å². The SMILES string of the molecule is OC(/C=C\n1cnc(-c2cccc(Cl)c2)n1)OCC1CCCN1. The van der Waals surface area contributed by atoms with Crippen LogP contribution in [0.3, 0.4) is 0 Å². The molecule has 1 fully saturated rings. The minimum atomic E-state index is -0.962. The topological polar surface area (TPSA) is 72.2 Å². The third-order valence-corrected chi connectivity index (χ3v) is 3.86. The molecule has 6 nitrogen and oxygen atoms in total. The zero-order chi connectivity index (χ0) is 16.1. The van der Waals surface area contributed by atoms with Crippen molar-refractivity contribution >= 4 is 17.8 Å². The first kappa shape index (κ1) is 16.1. The van der Waals surface area contributed by atoms with Crippen molar-refractivity contribution in [3.8, 4) is 11.4 Å². The van der Waals surface area contributed by atoms with Gasteiger partial charge in [0.25, 0.3) is 0 Å². The molecule has 7 heteroatoms. The predicted molar refractivity (Wildman–Crippen MR) is 88.8 cm³/mol. The summed E-state index contributed by atoms with van der Waals surface area (Å²) in [5.41, 5.74) is 0.841. The van der Waals surface area contributed by atoms with Crippen LogP contribution >= 0.6 is 11.6 Å². The standard InChI is InChI=1S/C16H19ClN4O2/c17-13-4-1-3-12(9-13)16-19-11-21(20-16)8-6-15(22)23-10-14-5-2-7-18-14/h1,3-4,6,8-9,11,14-15,18,22H,2,5,7,10H2/b8-6-. The molecule has 23 heavy (non-hydrogen) atoms. The van der Waals surface area contributed by atoms with E-state index in [2.05, 4.69) is 15.4 Å². The summed E-state index contributed by atoms with van der Waals surface area (Å²) in [6.07, 6.45) is 6.00. The molecule has 0 amide bonds. The Balaban J connectivity index is 1.55. The molecule has 2 atom stereocenters. The average Bonchev–Trinajstić information content (AvgIpc) is 3.22. The Bertz CT molecular complexity index is 668. The number of aliphatic hydroxyl groups excluding tert-OH is 1. The van der Waals surface area contributed by atoms with Gasteiger partial charge in [-0.25, -0.2) is 9.67 Å². The highest BCUT2D eigenvalue weighted by molar-refractivity contribution is 6.30. The van der Waals surface area contributed by atoms with E-state index < -0.39 is 6.29 Å². The van der Waals surface area contributed by atoms with Gasteiger partial charge in [-0.05, 0) is 37.6 Å². The average molecular weight is 335 g/mol. The normalized spacial score (nSPS) is 19.5. The summed E-state index contributed by atoms with van der Waals surface area (Å²) in [5.74, 6) is 0.572. The largest absolute Gasteiger partial charge is 0.365 e. The van der Waals surface area contributed by atoms with E-state index in [1.165, 1.54) is 10.8 Å². The molecule has 0 saturated carbocycles. The molecule has 2 heterocycles. The predicted octanol–water partition coefficient (Wildman–Crippen LogP) is 2.16. The van der Waals surface area contributed by atoms with Crippen LogP contribution < -0.4 is 5.32 Å². The second-order valence-corrected chi connectivity index (χ2v) is 5.85. The van der Waals surface area contributed by atoms with Gasteiger partial charge >= 0.3 is 0 Å². The zero-order valence-corrected chi connectivity index (χ0v) is 13.4. The lowest BCUT2D eigenvalue weighted by molar-refractivity contribution is -0.0693. The number of nitrogens with one attached hydrogen (secondary N) is 1. The van der Waals surface area contributed by atoms with Gasteiger partial charge in [-0.3, -0.25) is 0 Å². The van der Waals surface area contributed by atoms with Crippen LogP contribution in [-0.2, 0) is 4.74 Å². The van der Waals surface area contributed by atoms with Gasteiger partial charge in [0.05, 0.1) is 6.61 Å².